The smallest absolute Gasteiger partial charge is 0.405 e. The maximum atomic E-state index is 11.7. The fraction of sp³-hybridized carbons (Fsp3) is 0.167. The molecule has 0 unspecified atom stereocenters. The van der Waals surface area contributed by atoms with Gasteiger partial charge < -0.3 is 14.9 Å². The van der Waals surface area contributed by atoms with Gasteiger partial charge in [0.15, 0.2) is 0 Å². The van der Waals surface area contributed by atoms with Gasteiger partial charge in [0, 0.05) is 6.07 Å². The molecule has 1 aromatic rings. The van der Waals surface area contributed by atoms with Crippen LogP contribution in [0, 0.1) is 10.1 Å². The molecule has 0 bridgehead atoms. The van der Waals surface area contributed by atoms with E-state index in [9.17, 15) is 23.3 Å². The molecule has 1 aromatic heterocycles. The first-order valence-corrected chi connectivity index (χ1v) is 3.25. The molecule has 0 aliphatic rings. The number of aromatic nitrogens is 1. The second kappa shape index (κ2) is 3.48. The zero-order valence-corrected chi connectivity index (χ0v) is 6.49. The van der Waals surface area contributed by atoms with Crippen LogP contribution in [0.15, 0.2) is 18.3 Å². The Bertz CT molecular complexity index is 352. The van der Waals surface area contributed by atoms with Crippen molar-refractivity contribution in [3.8, 4) is 5.75 Å². The summed E-state index contributed by atoms with van der Waals surface area (Å²) in [5.41, 5.74) is 0. The third-order valence-electron chi connectivity index (χ3n) is 1.14. The minimum absolute atomic E-state index is 0.591. The second-order valence-corrected chi connectivity index (χ2v) is 2.15. The van der Waals surface area contributed by atoms with Gasteiger partial charge in [0.05, 0.1) is 6.07 Å². The van der Waals surface area contributed by atoms with Gasteiger partial charge in [0.25, 0.3) is 0 Å². The van der Waals surface area contributed by atoms with Gasteiger partial charge in [-0.15, -0.1) is 13.2 Å². The van der Waals surface area contributed by atoms with Gasteiger partial charge >= 0.3 is 12.2 Å². The van der Waals surface area contributed by atoms with E-state index in [0.717, 1.165) is 12.3 Å². The molecule has 5 nitrogen and oxygen atoms in total. The fourth-order valence-electron chi connectivity index (χ4n) is 0.697. The lowest BCUT2D eigenvalue weighted by atomic mass is 10.4. The first-order valence-electron chi connectivity index (χ1n) is 3.25. The molecule has 0 fully saturated rings. The molecule has 0 aromatic carbocycles. The Hall–Kier alpha value is -1.86. The first-order chi connectivity index (χ1) is 6.38. The van der Waals surface area contributed by atoms with Crippen molar-refractivity contribution in [3.63, 3.8) is 0 Å². The molecule has 0 saturated heterocycles. The van der Waals surface area contributed by atoms with E-state index < -0.39 is 22.9 Å². The number of ether oxygens (including phenoxy) is 1. The number of hydrogen-bond donors (Lipinski definition) is 0. The Morgan fingerprint density at radius 1 is 1.50 bits per heavy atom. The average Bonchev–Trinajstić information content (AvgIpc) is 2.01. The highest BCUT2D eigenvalue weighted by Gasteiger charge is 2.31. The van der Waals surface area contributed by atoms with E-state index in [0.29, 0.717) is 6.07 Å². The summed E-state index contributed by atoms with van der Waals surface area (Å²) < 4.78 is 38.4. The van der Waals surface area contributed by atoms with Crippen molar-refractivity contribution in [2.45, 2.75) is 6.36 Å². The van der Waals surface area contributed by atoms with Crippen LogP contribution in [0.3, 0.4) is 0 Å². The van der Waals surface area contributed by atoms with Crippen LogP contribution in [0.4, 0.5) is 19.0 Å². The summed E-state index contributed by atoms with van der Waals surface area (Å²) in [6, 6.07) is 1.47. The predicted octanol–water partition coefficient (Wildman–Crippen LogP) is 1.89. The van der Waals surface area contributed by atoms with Crippen LogP contribution in [0.25, 0.3) is 0 Å². The Morgan fingerprint density at radius 3 is 2.64 bits per heavy atom. The third-order valence-corrected chi connectivity index (χ3v) is 1.14. The molecule has 0 amide bonds. The molecule has 8 heteroatoms. The van der Waals surface area contributed by atoms with Crippen LogP contribution in [0.1, 0.15) is 0 Å². The van der Waals surface area contributed by atoms with Crippen molar-refractivity contribution in [1.29, 1.82) is 0 Å². The molecule has 0 spiro atoms. The van der Waals surface area contributed by atoms with Gasteiger partial charge in [0.1, 0.15) is 11.9 Å². The van der Waals surface area contributed by atoms with Crippen LogP contribution >= 0.6 is 0 Å². The Labute approximate surface area is 75.3 Å². The first kappa shape index (κ1) is 10.2. The van der Waals surface area contributed by atoms with Crippen molar-refractivity contribution in [2.24, 2.45) is 0 Å². The molecule has 0 aliphatic carbocycles. The van der Waals surface area contributed by atoms with Gasteiger partial charge in [-0.25, -0.2) is 0 Å². The van der Waals surface area contributed by atoms with E-state index in [-0.39, 0.29) is 0 Å². The molecule has 1 heterocycles. The van der Waals surface area contributed by atoms with Crippen molar-refractivity contribution in [2.75, 3.05) is 0 Å². The highest BCUT2D eigenvalue weighted by Crippen LogP contribution is 2.24. The largest absolute Gasteiger partial charge is 0.573 e. The van der Waals surface area contributed by atoms with Gasteiger partial charge in [-0.1, -0.05) is 0 Å². The van der Waals surface area contributed by atoms with Crippen molar-refractivity contribution < 1.29 is 22.8 Å². The van der Waals surface area contributed by atoms with E-state index in [4.69, 9.17) is 0 Å². The number of rotatable bonds is 2. The third kappa shape index (κ3) is 2.88. The highest BCUT2D eigenvalue weighted by atomic mass is 19.4. The molecular weight excluding hydrogens is 205 g/mol. The topological polar surface area (TPSA) is 65.3 Å². The molecule has 0 N–H and O–H groups in total. The van der Waals surface area contributed by atoms with Gasteiger partial charge in [-0.2, -0.15) is 0 Å². The SMILES string of the molecule is O=[N+]([O-])c1cc(OC(F)(F)F)ccn1. The number of pyridine rings is 1. The fourth-order valence-corrected chi connectivity index (χ4v) is 0.697. The lowest BCUT2D eigenvalue weighted by Crippen LogP contribution is -2.17. The molecule has 0 atom stereocenters. The van der Waals surface area contributed by atoms with E-state index in [1.807, 2.05) is 0 Å². The molecular formula is C6H3F3N2O3. The lowest BCUT2D eigenvalue weighted by molar-refractivity contribution is -0.389. The van der Waals surface area contributed by atoms with E-state index in [1.54, 1.807) is 0 Å². The summed E-state index contributed by atoms with van der Waals surface area (Å²) in [7, 11) is 0. The average molecular weight is 208 g/mol. The highest BCUT2D eigenvalue weighted by molar-refractivity contribution is 5.30. The molecule has 0 aliphatic heterocycles. The predicted molar refractivity (Wildman–Crippen MR) is 37.6 cm³/mol. The van der Waals surface area contributed by atoms with Crippen molar-refractivity contribution in [1.82, 2.24) is 4.98 Å². The maximum Gasteiger partial charge on any atom is 0.573 e. The van der Waals surface area contributed by atoms with E-state index in [1.165, 1.54) is 0 Å². The van der Waals surface area contributed by atoms with Gasteiger partial charge in [-0.05, 0) is 9.91 Å². The van der Waals surface area contributed by atoms with Gasteiger partial charge in [-0.3, -0.25) is 0 Å². The number of hydrogen-bond acceptors (Lipinski definition) is 4. The van der Waals surface area contributed by atoms with Crippen molar-refractivity contribution in [3.05, 3.63) is 28.4 Å². The zero-order valence-electron chi connectivity index (χ0n) is 6.49. The molecule has 0 radical (unpaired) electrons. The Morgan fingerprint density at radius 2 is 2.14 bits per heavy atom. The monoisotopic (exact) mass is 208 g/mol. The summed E-state index contributed by atoms with van der Waals surface area (Å²) >= 11 is 0. The molecule has 14 heavy (non-hydrogen) atoms. The number of nitro groups is 1. The quantitative estimate of drug-likeness (QED) is 0.549. The number of alkyl halides is 3. The van der Waals surface area contributed by atoms with Crippen LogP contribution < -0.4 is 4.74 Å². The van der Waals surface area contributed by atoms with Gasteiger partial charge in [0.2, 0.25) is 0 Å². The van der Waals surface area contributed by atoms with Crippen LogP contribution in [0.5, 0.6) is 5.75 Å². The summed E-state index contributed by atoms with van der Waals surface area (Å²) in [4.78, 5) is 12.4. The second-order valence-electron chi connectivity index (χ2n) is 2.15. The molecule has 76 valence electrons. The number of nitrogens with zero attached hydrogens (tertiary/aromatic N) is 2. The maximum absolute atomic E-state index is 11.7. The molecule has 1 rings (SSSR count). The lowest BCUT2D eigenvalue weighted by Gasteiger charge is -2.06. The minimum atomic E-state index is -4.87. The van der Waals surface area contributed by atoms with E-state index in [2.05, 4.69) is 9.72 Å². The summed E-state index contributed by atoms with van der Waals surface area (Å²) in [6.45, 7) is 0. The van der Waals surface area contributed by atoms with Crippen LogP contribution in [0.2, 0.25) is 0 Å². The Balaban J connectivity index is 2.89. The van der Waals surface area contributed by atoms with Crippen LogP contribution in [-0.4, -0.2) is 16.3 Å². The van der Waals surface area contributed by atoms with E-state index >= 15 is 0 Å². The molecule has 0 saturated carbocycles. The van der Waals surface area contributed by atoms with Crippen LogP contribution in [-0.2, 0) is 0 Å². The standard InChI is InChI=1S/C6H3F3N2O3/c7-6(8,9)14-4-1-2-10-5(3-4)11(12)13/h1-3H. The normalized spacial score (nSPS) is 11.1. The minimum Gasteiger partial charge on any atom is -0.405 e. The Kier molecular flexibility index (Phi) is 2.54. The summed E-state index contributed by atoms with van der Waals surface area (Å²) in [6.07, 6.45) is -4.01. The van der Waals surface area contributed by atoms with Crippen molar-refractivity contribution >= 4 is 5.82 Å². The summed E-state index contributed by atoms with van der Waals surface area (Å²) in [5, 5.41) is 10.1. The number of halogens is 3. The zero-order chi connectivity index (χ0) is 10.8. The summed E-state index contributed by atoms with van der Waals surface area (Å²) in [5.74, 6) is -1.37.